The molecule has 1 aliphatic rings. The number of carbonyl (C=O) groups excluding carboxylic acids is 2. The van der Waals surface area contributed by atoms with Crippen LogP contribution in [0.4, 0.5) is 0 Å². The molecule has 1 N–H and O–H groups in total. The van der Waals surface area contributed by atoms with Crippen LogP contribution in [0.1, 0.15) is 12.0 Å². The lowest BCUT2D eigenvalue weighted by Gasteiger charge is -2.34. The van der Waals surface area contributed by atoms with Crippen molar-refractivity contribution in [3.63, 3.8) is 0 Å². The van der Waals surface area contributed by atoms with Gasteiger partial charge >= 0.3 is 0 Å². The molecule has 25 heavy (non-hydrogen) atoms. The van der Waals surface area contributed by atoms with E-state index in [9.17, 15) is 9.59 Å². The molecule has 1 saturated heterocycles. The average Bonchev–Trinajstić information content (AvgIpc) is 2.63. The predicted octanol–water partition coefficient (Wildman–Crippen LogP) is 0.995. The van der Waals surface area contributed by atoms with Crippen molar-refractivity contribution < 1.29 is 14.3 Å². The molecule has 2 amide bonds. The standard InChI is InChI=1S/C19H27N3O3/c1-21(13-14-25-2)18(23)15-17-19(24)20-10-12-22(17)11-6-9-16-7-4-3-5-8-16/h3-9,17H,10-15H2,1-2H3,(H,20,24)/b9-6+/t17-/m1/s1. The minimum atomic E-state index is -0.424. The third-order valence-corrected chi connectivity index (χ3v) is 4.32. The Hall–Kier alpha value is -2.18. The van der Waals surface area contributed by atoms with Gasteiger partial charge in [-0.15, -0.1) is 0 Å². The number of ether oxygens (including phenoxy) is 1. The first-order valence-corrected chi connectivity index (χ1v) is 8.58. The number of methoxy groups -OCH3 is 1. The van der Waals surface area contributed by atoms with Crippen molar-refractivity contribution in [2.75, 3.05) is 46.9 Å². The largest absolute Gasteiger partial charge is 0.383 e. The highest BCUT2D eigenvalue weighted by Crippen LogP contribution is 2.11. The van der Waals surface area contributed by atoms with Gasteiger partial charge < -0.3 is 15.0 Å². The lowest BCUT2D eigenvalue weighted by molar-refractivity contribution is -0.138. The van der Waals surface area contributed by atoms with Gasteiger partial charge in [-0.05, 0) is 5.56 Å². The molecule has 0 saturated carbocycles. The molecule has 1 aromatic carbocycles. The Balaban J connectivity index is 1.94. The highest BCUT2D eigenvalue weighted by atomic mass is 16.5. The highest BCUT2D eigenvalue weighted by Gasteiger charge is 2.31. The molecule has 1 aromatic rings. The molecule has 0 radical (unpaired) electrons. The Morgan fingerprint density at radius 2 is 2.16 bits per heavy atom. The van der Waals surface area contributed by atoms with Crippen LogP contribution >= 0.6 is 0 Å². The van der Waals surface area contributed by atoms with Crippen molar-refractivity contribution in [1.29, 1.82) is 0 Å². The molecule has 0 spiro atoms. The van der Waals surface area contributed by atoms with Crippen LogP contribution < -0.4 is 5.32 Å². The molecular formula is C19H27N3O3. The van der Waals surface area contributed by atoms with Crippen molar-refractivity contribution in [3.8, 4) is 0 Å². The summed E-state index contributed by atoms with van der Waals surface area (Å²) in [5.74, 6) is -0.121. The van der Waals surface area contributed by atoms with E-state index in [0.717, 1.165) is 12.1 Å². The van der Waals surface area contributed by atoms with Gasteiger partial charge in [0.25, 0.3) is 0 Å². The first kappa shape index (κ1) is 19.1. The minimum Gasteiger partial charge on any atom is -0.383 e. The Kier molecular flexibility index (Phi) is 7.63. The third kappa shape index (κ3) is 5.99. The number of piperazine rings is 1. The molecule has 6 heteroatoms. The maximum Gasteiger partial charge on any atom is 0.237 e. The zero-order valence-electron chi connectivity index (χ0n) is 15.0. The molecule has 0 aromatic heterocycles. The molecule has 0 unspecified atom stereocenters. The number of rotatable bonds is 8. The highest BCUT2D eigenvalue weighted by molar-refractivity contribution is 5.88. The van der Waals surface area contributed by atoms with Gasteiger partial charge in [0.05, 0.1) is 19.1 Å². The van der Waals surface area contributed by atoms with E-state index in [0.29, 0.717) is 26.2 Å². The van der Waals surface area contributed by atoms with Gasteiger partial charge in [0.15, 0.2) is 0 Å². The van der Waals surface area contributed by atoms with Gasteiger partial charge in [-0.25, -0.2) is 0 Å². The lowest BCUT2D eigenvalue weighted by atomic mass is 10.1. The van der Waals surface area contributed by atoms with E-state index in [1.165, 1.54) is 0 Å². The van der Waals surface area contributed by atoms with E-state index in [1.807, 2.05) is 42.5 Å². The normalized spacial score (nSPS) is 18.3. The van der Waals surface area contributed by atoms with E-state index in [-0.39, 0.29) is 18.2 Å². The number of benzene rings is 1. The number of hydrogen-bond acceptors (Lipinski definition) is 4. The van der Waals surface area contributed by atoms with Gasteiger partial charge in [0.2, 0.25) is 11.8 Å². The van der Waals surface area contributed by atoms with Gasteiger partial charge in [-0.3, -0.25) is 14.5 Å². The molecule has 2 rings (SSSR count). The fourth-order valence-corrected chi connectivity index (χ4v) is 2.76. The van der Waals surface area contributed by atoms with Crippen LogP contribution in [0.3, 0.4) is 0 Å². The first-order valence-electron chi connectivity index (χ1n) is 8.58. The second-order valence-corrected chi connectivity index (χ2v) is 6.13. The topological polar surface area (TPSA) is 61.9 Å². The summed E-state index contributed by atoms with van der Waals surface area (Å²) in [6.45, 7) is 3.01. The number of nitrogens with one attached hydrogen (secondary N) is 1. The van der Waals surface area contributed by atoms with Crippen molar-refractivity contribution in [2.45, 2.75) is 12.5 Å². The Bertz CT molecular complexity index is 589. The van der Waals surface area contributed by atoms with Crippen molar-refractivity contribution in [1.82, 2.24) is 15.1 Å². The zero-order chi connectivity index (χ0) is 18.1. The second kappa shape index (κ2) is 9.96. The van der Waals surface area contributed by atoms with Crippen LogP contribution in [0.5, 0.6) is 0 Å². The summed E-state index contributed by atoms with van der Waals surface area (Å²) in [5, 5.41) is 2.86. The number of likely N-dealkylation sites (N-methyl/N-ethyl adjacent to an activating group) is 1. The SMILES string of the molecule is COCCN(C)C(=O)C[C@@H]1C(=O)NCCN1C/C=C/c1ccccc1. The number of carbonyl (C=O) groups is 2. The minimum absolute atomic E-state index is 0.0452. The third-order valence-electron chi connectivity index (χ3n) is 4.32. The molecule has 0 bridgehead atoms. The van der Waals surface area contributed by atoms with E-state index in [1.54, 1.807) is 19.1 Å². The van der Waals surface area contributed by atoms with Crippen LogP contribution in [0.2, 0.25) is 0 Å². The number of nitrogens with zero attached hydrogens (tertiary/aromatic N) is 2. The monoisotopic (exact) mass is 345 g/mol. The van der Waals surface area contributed by atoms with Gasteiger partial charge in [0, 0.05) is 40.3 Å². The van der Waals surface area contributed by atoms with Crippen LogP contribution in [0.25, 0.3) is 6.08 Å². The summed E-state index contributed by atoms with van der Waals surface area (Å²) in [4.78, 5) is 28.3. The molecule has 0 aliphatic carbocycles. The average molecular weight is 345 g/mol. The maximum atomic E-state index is 12.3. The molecule has 1 heterocycles. The molecular weight excluding hydrogens is 318 g/mol. The Morgan fingerprint density at radius 1 is 1.40 bits per heavy atom. The van der Waals surface area contributed by atoms with Gasteiger partial charge in [-0.2, -0.15) is 0 Å². The second-order valence-electron chi connectivity index (χ2n) is 6.13. The van der Waals surface area contributed by atoms with E-state index in [2.05, 4.69) is 10.2 Å². The van der Waals surface area contributed by atoms with E-state index < -0.39 is 6.04 Å². The molecule has 1 fully saturated rings. The summed E-state index contributed by atoms with van der Waals surface area (Å²) in [6, 6.07) is 9.60. The van der Waals surface area contributed by atoms with Crippen LogP contribution in [-0.4, -0.2) is 74.6 Å². The van der Waals surface area contributed by atoms with Gasteiger partial charge in [-0.1, -0.05) is 42.5 Å². The lowest BCUT2D eigenvalue weighted by Crippen LogP contribution is -2.56. The zero-order valence-corrected chi connectivity index (χ0v) is 15.0. The Morgan fingerprint density at radius 3 is 2.88 bits per heavy atom. The summed E-state index contributed by atoms with van der Waals surface area (Å²) < 4.78 is 5.00. The fourth-order valence-electron chi connectivity index (χ4n) is 2.76. The summed E-state index contributed by atoms with van der Waals surface area (Å²) in [6.07, 6.45) is 4.27. The molecule has 6 nitrogen and oxygen atoms in total. The molecule has 136 valence electrons. The van der Waals surface area contributed by atoms with Crippen LogP contribution in [0, 0.1) is 0 Å². The van der Waals surface area contributed by atoms with Crippen molar-refractivity contribution >= 4 is 17.9 Å². The first-order chi connectivity index (χ1) is 12.1. The molecule has 1 aliphatic heterocycles. The van der Waals surface area contributed by atoms with E-state index in [4.69, 9.17) is 4.74 Å². The van der Waals surface area contributed by atoms with Crippen LogP contribution in [-0.2, 0) is 14.3 Å². The van der Waals surface area contributed by atoms with Gasteiger partial charge in [0.1, 0.15) is 0 Å². The quantitative estimate of drug-likeness (QED) is 0.763. The van der Waals surface area contributed by atoms with E-state index >= 15 is 0 Å². The summed E-state index contributed by atoms with van der Waals surface area (Å²) in [7, 11) is 3.34. The van der Waals surface area contributed by atoms with Crippen molar-refractivity contribution in [2.24, 2.45) is 0 Å². The van der Waals surface area contributed by atoms with Crippen molar-refractivity contribution in [3.05, 3.63) is 42.0 Å². The molecule has 1 atom stereocenters. The summed E-state index contributed by atoms with van der Waals surface area (Å²) >= 11 is 0. The number of amides is 2. The maximum absolute atomic E-state index is 12.3. The fraction of sp³-hybridized carbons (Fsp3) is 0.474. The smallest absolute Gasteiger partial charge is 0.237 e. The van der Waals surface area contributed by atoms with Crippen LogP contribution in [0.15, 0.2) is 36.4 Å². The summed E-state index contributed by atoms with van der Waals surface area (Å²) in [5.41, 5.74) is 1.12. The predicted molar refractivity (Wildman–Crippen MR) is 98.0 cm³/mol. The Labute approximate surface area is 149 Å². The number of hydrogen-bond donors (Lipinski definition) is 1.